The number of hydrogen-bond donors (Lipinski definition) is 1. The Bertz CT molecular complexity index is 758. The van der Waals surface area contributed by atoms with Crippen LogP contribution in [0.3, 0.4) is 0 Å². The van der Waals surface area contributed by atoms with E-state index in [1.807, 2.05) is 0 Å². The monoisotopic (exact) mass is 427 g/mol. The number of Topliss-reactive ketones (excluding diaryl/α,β-unsaturated/α-hetero) is 1. The molecule has 1 N–H and O–H groups in total. The van der Waals surface area contributed by atoms with Crippen LogP contribution in [0.15, 0.2) is 11.1 Å². The highest BCUT2D eigenvalue weighted by atomic mass is 16.3. The lowest BCUT2D eigenvalue weighted by atomic mass is 9.51. The number of carbonyl (C=O) groups is 1. The van der Waals surface area contributed by atoms with Crippen LogP contribution in [-0.4, -0.2) is 41.5 Å². The van der Waals surface area contributed by atoms with Gasteiger partial charge in [0.15, 0.2) is 0 Å². The van der Waals surface area contributed by atoms with E-state index in [4.69, 9.17) is 0 Å². The highest BCUT2D eigenvalue weighted by molar-refractivity contribution is 5.83. The van der Waals surface area contributed by atoms with Gasteiger partial charge in [0.2, 0.25) is 0 Å². The molecule has 0 radical (unpaired) electrons. The predicted molar refractivity (Wildman–Crippen MR) is 126 cm³/mol. The van der Waals surface area contributed by atoms with Crippen molar-refractivity contribution in [1.82, 2.24) is 4.90 Å². The topological polar surface area (TPSA) is 40.5 Å². The van der Waals surface area contributed by atoms with E-state index in [0.717, 1.165) is 43.1 Å². The van der Waals surface area contributed by atoms with Gasteiger partial charge in [0.1, 0.15) is 5.78 Å². The third-order valence-electron chi connectivity index (χ3n) is 11.1. The molecule has 0 aromatic carbocycles. The summed E-state index contributed by atoms with van der Waals surface area (Å²) in [6, 6.07) is 0.722. The second-order valence-electron chi connectivity index (χ2n) is 12.7. The largest absolute Gasteiger partial charge is 0.393 e. The molecule has 3 saturated carbocycles. The van der Waals surface area contributed by atoms with E-state index in [0.29, 0.717) is 30.0 Å². The summed E-state index contributed by atoms with van der Waals surface area (Å²) >= 11 is 0. The van der Waals surface area contributed by atoms with Gasteiger partial charge in [0.25, 0.3) is 0 Å². The molecular weight excluding hydrogens is 382 g/mol. The summed E-state index contributed by atoms with van der Waals surface area (Å²) in [6.07, 6.45) is 9.74. The number of allylic oxidation sites excluding steroid dienone is 2. The molecule has 0 bridgehead atoms. The molecule has 4 fully saturated rings. The maximum absolute atomic E-state index is 13.2. The van der Waals surface area contributed by atoms with Gasteiger partial charge in [-0.05, 0) is 106 Å². The van der Waals surface area contributed by atoms with Gasteiger partial charge in [-0.2, -0.15) is 0 Å². The number of hydrogen-bond acceptors (Lipinski definition) is 3. The van der Waals surface area contributed by atoms with Gasteiger partial charge in [-0.1, -0.05) is 31.9 Å². The van der Waals surface area contributed by atoms with Crippen molar-refractivity contribution in [2.75, 3.05) is 13.6 Å². The first-order chi connectivity index (χ1) is 14.7. The number of aliphatic hydroxyl groups excluding tert-OH is 1. The lowest BCUT2D eigenvalue weighted by Gasteiger charge is -2.52. The number of carbonyl (C=O) groups excluding carboxylic acids is 1. The van der Waals surface area contributed by atoms with Crippen LogP contribution in [0, 0.1) is 46.8 Å². The molecule has 1 aliphatic heterocycles. The second kappa shape index (κ2) is 7.97. The summed E-state index contributed by atoms with van der Waals surface area (Å²) in [6.45, 7) is 11.0. The molecule has 174 valence electrons. The molecule has 5 aliphatic rings. The molecule has 31 heavy (non-hydrogen) atoms. The molecule has 3 heteroatoms. The Morgan fingerprint density at radius 1 is 1.13 bits per heavy atom. The Morgan fingerprint density at radius 2 is 1.90 bits per heavy atom. The summed E-state index contributed by atoms with van der Waals surface area (Å²) in [4.78, 5) is 15.8. The summed E-state index contributed by atoms with van der Waals surface area (Å²) in [5.41, 5.74) is 3.57. The molecule has 1 heterocycles. The van der Waals surface area contributed by atoms with Crippen molar-refractivity contribution >= 4 is 5.78 Å². The van der Waals surface area contributed by atoms with E-state index in [1.54, 1.807) is 11.1 Å². The number of nitrogens with zero attached hydrogens (tertiary/aromatic N) is 1. The number of fused-ring (bicyclic) bond motifs is 5. The molecule has 0 amide bonds. The van der Waals surface area contributed by atoms with Gasteiger partial charge in [0, 0.05) is 24.9 Å². The van der Waals surface area contributed by atoms with E-state index in [1.165, 1.54) is 38.6 Å². The molecule has 0 aromatic heterocycles. The summed E-state index contributed by atoms with van der Waals surface area (Å²) in [7, 11) is 2.35. The smallest absolute Gasteiger partial charge is 0.136 e. The summed E-state index contributed by atoms with van der Waals surface area (Å²) in [5.74, 6) is 4.74. The van der Waals surface area contributed by atoms with Crippen LogP contribution in [0.5, 0.6) is 0 Å². The van der Waals surface area contributed by atoms with Crippen molar-refractivity contribution in [3.63, 3.8) is 0 Å². The Labute approximate surface area is 190 Å². The molecule has 1 saturated heterocycles. The number of rotatable bonds is 2. The molecule has 5 rings (SSSR count). The minimum absolute atomic E-state index is 0.103. The molecule has 0 spiro atoms. The Hall–Kier alpha value is -0.670. The van der Waals surface area contributed by atoms with Crippen molar-refractivity contribution in [2.24, 2.45) is 46.8 Å². The van der Waals surface area contributed by atoms with E-state index < -0.39 is 0 Å². The van der Waals surface area contributed by atoms with Gasteiger partial charge in [-0.25, -0.2) is 0 Å². The number of aliphatic hydroxyl groups is 1. The molecule has 0 aromatic rings. The Kier molecular flexibility index (Phi) is 5.70. The molecule has 3 nitrogen and oxygen atoms in total. The number of piperidine rings is 1. The lowest BCUT2D eigenvalue weighted by molar-refractivity contribution is -0.145. The Morgan fingerprint density at radius 3 is 2.65 bits per heavy atom. The first-order valence-electron chi connectivity index (χ1n) is 13.3. The zero-order chi connectivity index (χ0) is 22.1. The summed E-state index contributed by atoms with van der Waals surface area (Å²) in [5, 5.41) is 10.3. The van der Waals surface area contributed by atoms with Crippen LogP contribution in [-0.2, 0) is 4.79 Å². The zero-order valence-corrected chi connectivity index (χ0v) is 20.6. The Balaban J connectivity index is 1.40. The summed E-state index contributed by atoms with van der Waals surface area (Å²) < 4.78 is 0. The van der Waals surface area contributed by atoms with Crippen molar-refractivity contribution in [1.29, 1.82) is 0 Å². The minimum Gasteiger partial charge on any atom is -0.393 e. The fourth-order valence-electron chi connectivity index (χ4n) is 9.35. The van der Waals surface area contributed by atoms with E-state index in [-0.39, 0.29) is 17.4 Å². The number of likely N-dealkylation sites (tertiary alicyclic amines) is 1. The quantitative estimate of drug-likeness (QED) is 0.594. The van der Waals surface area contributed by atoms with Gasteiger partial charge in [-0.3, -0.25) is 4.79 Å². The highest BCUT2D eigenvalue weighted by Crippen LogP contribution is 2.64. The van der Waals surface area contributed by atoms with Crippen molar-refractivity contribution in [3.8, 4) is 0 Å². The first kappa shape index (κ1) is 22.1. The van der Waals surface area contributed by atoms with E-state index in [9.17, 15) is 9.90 Å². The highest BCUT2D eigenvalue weighted by Gasteiger charge is 2.59. The lowest BCUT2D eigenvalue weighted by Crippen LogP contribution is -2.51. The van der Waals surface area contributed by atoms with Crippen LogP contribution in [0.4, 0.5) is 0 Å². The van der Waals surface area contributed by atoms with Gasteiger partial charge < -0.3 is 10.0 Å². The fraction of sp³-hybridized carbons (Fsp3) is 0.893. The van der Waals surface area contributed by atoms with Gasteiger partial charge in [-0.15, -0.1) is 0 Å². The van der Waals surface area contributed by atoms with Gasteiger partial charge in [0.05, 0.1) is 6.10 Å². The van der Waals surface area contributed by atoms with Crippen molar-refractivity contribution < 1.29 is 9.90 Å². The second-order valence-corrected chi connectivity index (χ2v) is 12.7. The molecule has 10 unspecified atom stereocenters. The van der Waals surface area contributed by atoms with Crippen LogP contribution in [0.1, 0.15) is 85.5 Å². The average Bonchev–Trinajstić information content (AvgIpc) is 3.10. The van der Waals surface area contributed by atoms with Crippen LogP contribution in [0.25, 0.3) is 0 Å². The SMILES string of the molecule is CC1=C2CC3C(CC(=O)C4CC(O)CCC43C)C2CCC1C(C)C1CCC(C)CN1C. The van der Waals surface area contributed by atoms with Gasteiger partial charge >= 0.3 is 0 Å². The number of ketones is 1. The minimum atomic E-state index is -0.261. The third-order valence-corrected chi connectivity index (χ3v) is 11.1. The maximum atomic E-state index is 13.2. The standard InChI is InChI=1S/C28H45NO2/c1-16-6-9-26(29(5)15-16)18(3)20-7-8-21-22(17(20)2)13-24-23(21)14-27(31)25-12-19(30)10-11-28(24,25)4/h16,18-21,23-26,30H,6-15H2,1-5H3. The van der Waals surface area contributed by atoms with Crippen LogP contribution >= 0.6 is 0 Å². The molecule has 4 aliphatic carbocycles. The first-order valence-corrected chi connectivity index (χ1v) is 13.3. The van der Waals surface area contributed by atoms with Crippen LogP contribution < -0.4 is 0 Å². The van der Waals surface area contributed by atoms with Crippen molar-refractivity contribution in [3.05, 3.63) is 11.1 Å². The predicted octanol–water partition coefficient (Wildman–Crippen LogP) is 5.47. The normalized spacial score (nSPS) is 49.4. The average molecular weight is 428 g/mol. The third kappa shape index (κ3) is 3.48. The molecule has 10 atom stereocenters. The zero-order valence-electron chi connectivity index (χ0n) is 20.6. The fourth-order valence-corrected chi connectivity index (χ4v) is 9.35. The van der Waals surface area contributed by atoms with Crippen molar-refractivity contribution in [2.45, 2.75) is 97.6 Å². The van der Waals surface area contributed by atoms with Crippen LogP contribution in [0.2, 0.25) is 0 Å². The maximum Gasteiger partial charge on any atom is 0.136 e. The van der Waals surface area contributed by atoms with E-state index >= 15 is 0 Å². The van der Waals surface area contributed by atoms with E-state index in [2.05, 4.69) is 39.6 Å². The molecular formula is C28H45NO2.